The van der Waals surface area contributed by atoms with E-state index in [1.165, 1.54) is 6.08 Å². The van der Waals surface area contributed by atoms with E-state index in [9.17, 15) is 15.2 Å². The maximum Gasteiger partial charge on any atom is 0.251 e. The monoisotopic (exact) mass is 376 g/mol. The van der Waals surface area contributed by atoms with Crippen LogP contribution in [0.2, 0.25) is 0 Å². The predicted molar refractivity (Wildman–Crippen MR) is 101 cm³/mol. The Kier molecular flexibility index (Phi) is 4.33. The highest BCUT2D eigenvalue weighted by Crippen LogP contribution is 2.44. The van der Waals surface area contributed by atoms with Crippen molar-refractivity contribution in [1.82, 2.24) is 4.90 Å². The minimum Gasteiger partial charge on any atom is -0.485 e. The maximum absolute atomic E-state index is 12.7. The van der Waals surface area contributed by atoms with Gasteiger partial charge in [0.25, 0.3) is 5.91 Å². The lowest BCUT2D eigenvalue weighted by Crippen LogP contribution is -2.54. The van der Waals surface area contributed by atoms with E-state index in [-0.39, 0.29) is 12.5 Å². The molecule has 0 aliphatic carbocycles. The molecule has 2 aliphatic rings. The van der Waals surface area contributed by atoms with E-state index in [0.717, 1.165) is 0 Å². The minimum atomic E-state index is -0.970. The smallest absolute Gasteiger partial charge is 0.251 e. The Bertz CT molecular complexity index is 991. The normalized spacial score (nSPS) is 22.7. The van der Waals surface area contributed by atoms with Gasteiger partial charge in [-0.1, -0.05) is 18.2 Å². The molecule has 1 N–H and O–H groups in total. The van der Waals surface area contributed by atoms with Crippen LogP contribution in [0.5, 0.6) is 11.5 Å². The Morgan fingerprint density at radius 1 is 1.25 bits per heavy atom. The van der Waals surface area contributed by atoms with Crippen molar-refractivity contribution in [3.63, 3.8) is 0 Å². The molecule has 6 nitrogen and oxygen atoms in total. The lowest BCUT2D eigenvalue weighted by atomic mass is 9.85. The Balaban J connectivity index is 1.67. The number of rotatable bonds is 3. The van der Waals surface area contributed by atoms with Crippen LogP contribution in [0.4, 0.5) is 0 Å². The van der Waals surface area contributed by atoms with E-state index in [2.05, 4.69) is 6.07 Å². The predicted octanol–water partition coefficient (Wildman–Crippen LogP) is 2.94. The highest BCUT2D eigenvalue weighted by molar-refractivity contribution is 5.91. The standard InChI is InChI=1S/C22H20N2O4/c1-22(2)21(26)20(17-10-14(12-23)8-9-18(17)28-22)24-13-16(11-19(24)25)27-15-6-4-3-5-7-15/h3-11,20-21,26H,13H2,1-2H3. The number of benzene rings is 2. The lowest BCUT2D eigenvalue weighted by molar-refractivity contribution is -0.137. The fourth-order valence-electron chi connectivity index (χ4n) is 3.62. The first-order valence-corrected chi connectivity index (χ1v) is 9.04. The lowest BCUT2D eigenvalue weighted by Gasteiger charge is -2.45. The second-order valence-corrected chi connectivity index (χ2v) is 7.45. The van der Waals surface area contributed by atoms with Gasteiger partial charge in [0, 0.05) is 11.6 Å². The van der Waals surface area contributed by atoms with Gasteiger partial charge < -0.3 is 19.5 Å². The number of carbonyl (C=O) groups excluding carboxylic acids is 1. The number of hydrogen-bond donors (Lipinski definition) is 1. The third-order valence-corrected chi connectivity index (χ3v) is 5.06. The van der Waals surface area contributed by atoms with E-state index >= 15 is 0 Å². The minimum absolute atomic E-state index is 0.224. The van der Waals surface area contributed by atoms with Gasteiger partial charge in [-0.3, -0.25) is 4.79 Å². The molecule has 2 aliphatic heterocycles. The Morgan fingerprint density at radius 2 is 2.00 bits per heavy atom. The first kappa shape index (κ1) is 18.1. The van der Waals surface area contributed by atoms with Crippen molar-refractivity contribution in [1.29, 1.82) is 5.26 Å². The number of para-hydroxylation sites is 1. The average molecular weight is 376 g/mol. The van der Waals surface area contributed by atoms with Gasteiger partial charge in [0.15, 0.2) is 0 Å². The van der Waals surface area contributed by atoms with E-state index in [1.54, 1.807) is 36.9 Å². The first-order valence-electron chi connectivity index (χ1n) is 9.04. The van der Waals surface area contributed by atoms with Crippen LogP contribution in [0, 0.1) is 11.3 Å². The maximum atomic E-state index is 12.7. The molecule has 2 aromatic carbocycles. The number of nitriles is 1. The van der Waals surface area contributed by atoms with Gasteiger partial charge in [0.2, 0.25) is 0 Å². The van der Waals surface area contributed by atoms with Gasteiger partial charge in [-0.25, -0.2) is 0 Å². The van der Waals surface area contributed by atoms with E-state index in [0.29, 0.717) is 28.4 Å². The number of aliphatic hydroxyl groups excluding tert-OH is 1. The number of amides is 1. The molecule has 28 heavy (non-hydrogen) atoms. The van der Waals surface area contributed by atoms with Crippen molar-refractivity contribution in [2.75, 3.05) is 6.54 Å². The Labute approximate surface area is 163 Å². The third-order valence-electron chi connectivity index (χ3n) is 5.06. The summed E-state index contributed by atoms with van der Waals surface area (Å²) in [6.45, 7) is 3.78. The summed E-state index contributed by atoms with van der Waals surface area (Å²) in [5.41, 5.74) is 0.169. The van der Waals surface area contributed by atoms with Gasteiger partial charge in [0.1, 0.15) is 29.0 Å². The zero-order valence-electron chi connectivity index (χ0n) is 15.6. The summed E-state index contributed by atoms with van der Waals surface area (Å²) in [5, 5.41) is 20.2. The number of aliphatic hydroxyl groups is 1. The van der Waals surface area contributed by atoms with Crippen LogP contribution in [0.1, 0.15) is 31.0 Å². The van der Waals surface area contributed by atoms with Crippen LogP contribution in [0.3, 0.4) is 0 Å². The van der Waals surface area contributed by atoms with Crippen molar-refractivity contribution in [2.45, 2.75) is 31.6 Å². The molecule has 142 valence electrons. The van der Waals surface area contributed by atoms with Crippen LogP contribution in [-0.4, -0.2) is 34.2 Å². The van der Waals surface area contributed by atoms with E-state index < -0.39 is 17.7 Å². The molecule has 1 amide bonds. The molecule has 2 unspecified atom stereocenters. The molecule has 6 heteroatoms. The van der Waals surface area contributed by atoms with Gasteiger partial charge in [-0.2, -0.15) is 5.26 Å². The van der Waals surface area contributed by atoms with Gasteiger partial charge in [-0.15, -0.1) is 0 Å². The first-order chi connectivity index (χ1) is 13.4. The van der Waals surface area contributed by atoms with Crippen LogP contribution in [0.15, 0.2) is 60.4 Å². The zero-order chi connectivity index (χ0) is 19.9. The molecule has 0 saturated carbocycles. The fraction of sp³-hybridized carbons (Fsp3) is 0.273. The summed E-state index contributed by atoms with van der Waals surface area (Å²) < 4.78 is 11.8. The second-order valence-electron chi connectivity index (χ2n) is 7.45. The van der Waals surface area contributed by atoms with Crippen molar-refractivity contribution in [3.05, 3.63) is 71.5 Å². The number of carbonyl (C=O) groups is 1. The number of fused-ring (bicyclic) bond motifs is 1. The van der Waals surface area contributed by atoms with Crippen LogP contribution >= 0.6 is 0 Å². The Morgan fingerprint density at radius 3 is 2.71 bits per heavy atom. The van der Waals surface area contributed by atoms with Crippen molar-refractivity contribution in [3.8, 4) is 17.6 Å². The zero-order valence-corrected chi connectivity index (χ0v) is 15.6. The van der Waals surface area contributed by atoms with Crippen LogP contribution in [-0.2, 0) is 4.79 Å². The highest BCUT2D eigenvalue weighted by atomic mass is 16.5. The molecule has 0 spiro atoms. The van der Waals surface area contributed by atoms with Crippen molar-refractivity contribution in [2.24, 2.45) is 0 Å². The van der Waals surface area contributed by atoms with E-state index in [1.807, 2.05) is 30.3 Å². The number of nitrogens with zero attached hydrogens (tertiary/aromatic N) is 2. The highest BCUT2D eigenvalue weighted by Gasteiger charge is 2.48. The summed E-state index contributed by atoms with van der Waals surface area (Å²) >= 11 is 0. The van der Waals surface area contributed by atoms with Crippen LogP contribution in [0.25, 0.3) is 0 Å². The summed E-state index contributed by atoms with van der Waals surface area (Å²) in [7, 11) is 0. The quantitative estimate of drug-likeness (QED) is 0.891. The van der Waals surface area contributed by atoms with E-state index in [4.69, 9.17) is 9.47 Å². The summed E-state index contributed by atoms with van der Waals surface area (Å²) in [6.07, 6.45) is 0.470. The van der Waals surface area contributed by atoms with Crippen molar-refractivity contribution >= 4 is 5.91 Å². The fourth-order valence-corrected chi connectivity index (χ4v) is 3.62. The molecule has 2 atom stereocenters. The van der Waals surface area contributed by atoms with Crippen LogP contribution < -0.4 is 9.47 Å². The number of hydrogen-bond acceptors (Lipinski definition) is 5. The summed E-state index contributed by atoms with van der Waals surface area (Å²) in [6, 6.07) is 15.7. The molecule has 0 saturated heterocycles. The molecule has 0 radical (unpaired) electrons. The topological polar surface area (TPSA) is 82.8 Å². The van der Waals surface area contributed by atoms with Gasteiger partial charge in [-0.05, 0) is 44.2 Å². The second kappa shape index (κ2) is 6.70. The third kappa shape index (κ3) is 3.10. The molecule has 0 bridgehead atoms. The number of ether oxygens (including phenoxy) is 2. The molecular formula is C22H20N2O4. The van der Waals surface area contributed by atoms with Gasteiger partial charge in [0.05, 0.1) is 24.2 Å². The molecule has 0 fully saturated rings. The largest absolute Gasteiger partial charge is 0.485 e. The SMILES string of the molecule is CC1(C)Oc2ccc(C#N)cc2C(N2CC(Oc3ccccc3)=CC2=O)C1O. The summed E-state index contributed by atoms with van der Waals surface area (Å²) in [5.74, 6) is 1.46. The molecule has 4 rings (SSSR count). The molecule has 2 aromatic rings. The Hall–Kier alpha value is -3.30. The van der Waals surface area contributed by atoms with Gasteiger partial charge >= 0.3 is 0 Å². The molecule has 0 aromatic heterocycles. The van der Waals surface area contributed by atoms with Crippen molar-refractivity contribution < 1.29 is 19.4 Å². The average Bonchev–Trinajstić information content (AvgIpc) is 3.03. The molecule has 2 heterocycles. The summed E-state index contributed by atoms with van der Waals surface area (Å²) in [4.78, 5) is 14.3. The molecular weight excluding hydrogens is 356 g/mol.